The number of guanidine groups is 1. The second-order valence-corrected chi connectivity index (χ2v) is 8.22. The molecule has 0 saturated carbocycles. The third kappa shape index (κ3) is 9.09. The van der Waals surface area contributed by atoms with Crippen LogP contribution in [0.1, 0.15) is 11.1 Å². The zero-order chi connectivity index (χ0) is 21.3. The second kappa shape index (κ2) is 12.5. The Kier molecular flexibility index (Phi) is 10.8. The van der Waals surface area contributed by atoms with Crippen LogP contribution in [-0.2, 0) is 27.8 Å². The highest BCUT2D eigenvalue weighted by atomic mass is 127. The predicted molar refractivity (Wildman–Crippen MR) is 129 cm³/mol. The quantitative estimate of drug-likeness (QED) is 0.263. The lowest BCUT2D eigenvalue weighted by Crippen LogP contribution is -2.43. The Labute approximate surface area is 195 Å². The molecule has 4 N–H and O–H groups in total. The minimum absolute atomic E-state index is 0. The molecule has 2 aromatic carbocycles. The van der Waals surface area contributed by atoms with Gasteiger partial charge in [0.1, 0.15) is 0 Å². The number of hydrogen-bond acceptors (Lipinski definition) is 4. The summed E-state index contributed by atoms with van der Waals surface area (Å²) >= 11 is 0. The second-order valence-electron chi connectivity index (χ2n) is 6.66. The van der Waals surface area contributed by atoms with Crippen LogP contribution in [0, 0.1) is 0 Å². The molecule has 2 aromatic rings. The van der Waals surface area contributed by atoms with E-state index < -0.39 is 10.0 Å². The highest BCUT2D eigenvalue weighted by Crippen LogP contribution is 2.09. The summed E-state index contributed by atoms with van der Waals surface area (Å²) in [5.74, 6) is 0.437. The van der Waals surface area contributed by atoms with Gasteiger partial charge in [0.25, 0.3) is 0 Å². The molecule has 0 aliphatic carbocycles. The summed E-state index contributed by atoms with van der Waals surface area (Å²) in [4.78, 5) is 17.9. The lowest BCUT2D eigenvalue weighted by atomic mass is 10.1. The minimum atomic E-state index is -3.72. The SMILES string of the molecule is CN(C)C(=O)CNC(=NCc1ccc(S(N)(=O)=O)cc1)NCCc1ccccc1.I. The average Bonchev–Trinajstić information content (AvgIpc) is 2.69. The maximum atomic E-state index is 11.9. The Bertz CT molecular complexity index is 933. The summed E-state index contributed by atoms with van der Waals surface area (Å²) in [5, 5.41) is 11.4. The van der Waals surface area contributed by atoms with Gasteiger partial charge >= 0.3 is 0 Å². The van der Waals surface area contributed by atoms with Crippen LogP contribution in [0.25, 0.3) is 0 Å². The van der Waals surface area contributed by atoms with Crippen LogP contribution in [0.2, 0.25) is 0 Å². The number of aliphatic imine (C=N–C) groups is 1. The molecule has 0 heterocycles. The molecular formula is C20H28IN5O3S. The number of benzene rings is 2. The number of nitrogens with two attached hydrogens (primary N) is 1. The van der Waals surface area contributed by atoms with Crippen molar-refractivity contribution in [1.29, 1.82) is 0 Å². The number of sulfonamides is 1. The molecule has 2 rings (SSSR count). The summed E-state index contributed by atoms with van der Waals surface area (Å²) in [7, 11) is -0.336. The first-order chi connectivity index (χ1) is 13.8. The maximum Gasteiger partial charge on any atom is 0.241 e. The Balaban J connectivity index is 0.00000450. The smallest absolute Gasteiger partial charge is 0.241 e. The normalized spacial score (nSPS) is 11.4. The molecule has 0 unspecified atom stereocenters. The molecule has 0 fully saturated rings. The molecule has 0 radical (unpaired) electrons. The van der Waals surface area contributed by atoms with E-state index in [9.17, 15) is 13.2 Å². The first-order valence-corrected chi connectivity index (χ1v) is 10.7. The minimum Gasteiger partial charge on any atom is -0.356 e. The molecule has 8 nitrogen and oxygen atoms in total. The van der Waals surface area contributed by atoms with Crippen molar-refractivity contribution in [3.8, 4) is 0 Å². The van der Waals surface area contributed by atoms with Gasteiger partial charge in [-0.1, -0.05) is 42.5 Å². The average molecular weight is 545 g/mol. The van der Waals surface area contributed by atoms with Gasteiger partial charge in [0, 0.05) is 20.6 Å². The lowest BCUT2D eigenvalue weighted by Gasteiger charge is -2.15. The van der Waals surface area contributed by atoms with E-state index in [4.69, 9.17) is 5.14 Å². The van der Waals surface area contributed by atoms with Gasteiger partial charge in [-0.2, -0.15) is 0 Å². The van der Waals surface area contributed by atoms with Gasteiger partial charge in [0.15, 0.2) is 5.96 Å². The van der Waals surface area contributed by atoms with E-state index in [0.29, 0.717) is 19.0 Å². The third-order valence-electron chi connectivity index (χ3n) is 4.13. The number of carbonyl (C=O) groups excluding carboxylic acids is 1. The monoisotopic (exact) mass is 545 g/mol. The van der Waals surface area contributed by atoms with Crippen LogP contribution in [-0.4, -0.2) is 52.4 Å². The zero-order valence-corrected chi connectivity index (χ0v) is 20.2. The largest absolute Gasteiger partial charge is 0.356 e. The van der Waals surface area contributed by atoms with Gasteiger partial charge in [0.05, 0.1) is 18.0 Å². The van der Waals surface area contributed by atoms with Crippen LogP contribution >= 0.6 is 24.0 Å². The van der Waals surface area contributed by atoms with Crippen LogP contribution in [0.5, 0.6) is 0 Å². The molecule has 164 valence electrons. The number of nitrogens with one attached hydrogen (secondary N) is 2. The number of halogens is 1. The van der Waals surface area contributed by atoms with Crippen molar-refractivity contribution in [2.75, 3.05) is 27.2 Å². The topological polar surface area (TPSA) is 117 Å². The summed E-state index contributed by atoms with van der Waals surface area (Å²) < 4.78 is 22.7. The highest BCUT2D eigenvalue weighted by Gasteiger charge is 2.08. The van der Waals surface area contributed by atoms with Crippen LogP contribution in [0.3, 0.4) is 0 Å². The Morgan fingerprint density at radius 3 is 2.20 bits per heavy atom. The fourth-order valence-corrected chi connectivity index (χ4v) is 2.93. The third-order valence-corrected chi connectivity index (χ3v) is 5.06. The molecule has 0 saturated heterocycles. The van der Waals surface area contributed by atoms with E-state index in [2.05, 4.69) is 27.8 Å². The first-order valence-electron chi connectivity index (χ1n) is 9.13. The number of hydrogen-bond donors (Lipinski definition) is 3. The molecule has 0 aliphatic rings. The van der Waals surface area contributed by atoms with Gasteiger partial charge in [-0.05, 0) is 29.7 Å². The van der Waals surface area contributed by atoms with Gasteiger partial charge in [0.2, 0.25) is 15.9 Å². The number of likely N-dealkylation sites (N-methyl/N-ethyl adjacent to an activating group) is 1. The van der Waals surface area contributed by atoms with Crippen molar-refractivity contribution in [3.05, 3.63) is 65.7 Å². The fourth-order valence-electron chi connectivity index (χ4n) is 2.42. The summed E-state index contributed by atoms with van der Waals surface area (Å²) in [6.07, 6.45) is 0.812. The van der Waals surface area contributed by atoms with Crippen molar-refractivity contribution < 1.29 is 13.2 Å². The van der Waals surface area contributed by atoms with E-state index in [-0.39, 0.29) is 41.3 Å². The van der Waals surface area contributed by atoms with Crippen molar-refractivity contribution in [2.24, 2.45) is 10.1 Å². The van der Waals surface area contributed by atoms with Gasteiger partial charge in [-0.3, -0.25) is 4.79 Å². The number of carbonyl (C=O) groups is 1. The van der Waals surface area contributed by atoms with Crippen molar-refractivity contribution in [1.82, 2.24) is 15.5 Å². The molecular weight excluding hydrogens is 517 g/mol. The summed E-state index contributed by atoms with van der Waals surface area (Å²) in [6.45, 7) is 1.09. The molecule has 0 aromatic heterocycles. The van der Waals surface area contributed by atoms with Crippen molar-refractivity contribution in [3.63, 3.8) is 0 Å². The summed E-state index contributed by atoms with van der Waals surface area (Å²) in [5.41, 5.74) is 2.02. The van der Waals surface area contributed by atoms with Crippen molar-refractivity contribution in [2.45, 2.75) is 17.9 Å². The number of amides is 1. The van der Waals surface area contributed by atoms with Gasteiger partial charge < -0.3 is 15.5 Å². The molecule has 30 heavy (non-hydrogen) atoms. The van der Waals surface area contributed by atoms with E-state index in [0.717, 1.165) is 12.0 Å². The Morgan fingerprint density at radius 2 is 1.63 bits per heavy atom. The maximum absolute atomic E-state index is 11.9. The predicted octanol–water partition coefficient (Wildman–Crippen LogP) is 1.32. The molecule has 0 spiro atoms. The number of rotatable bonds is 8. The first kappa shape index (κ1) is 25.9. The van der Waals surface area contributed by atoms with E-state index in [1.54, 1.807) is 26.2 Å². The Morgan fingerprint density at radius 1 is 1.00 bits per heavy atom. The molecule has 0 aliphatic heterocycles. The number of nitrogens with zero attached hydrogens (tertiary/aromatic N) is 2. The van der Waals surface area contributed by atoms with E-state index in [1.165, 1.54) is 22.6 Å². The summed E-state index contributed by atoms with van der Waals surface area (Å²) in [6, 6.07) is 16.3. The number of primary sulfonamides is 1. The van der Waals surface area contributed by atoms with Gasteiger partial charge in [-0.15, -0.1) is 24.0 Å². The van der Waals surface area contributed by atoms with Crippen LogP contribution in [0.4, 0.5) is 0 Å². The molecule has 0 bridgehead atoms. The molecule has 10 heteroatoms. The molecule has 1 amide bonds. The van der Waals surface area contributed by atoms with Crippen LogP contribution in [0.15, 0.2) is 64.5 Å². The van der Waals surface area contributed by atoms with E-state index in [1.807, 2.05) is 18.2 Å². The zero-order valence-electron chi connectivity index (χ0n) is 17.0. The standard InChI is InChI=1S/C20H27N5O3S.HI/c1-25(2)19(26)15-24-20(22-13-12-16-6-4-3-5-7-16)23-14-17-8-10-18(11-9-17)29(21,27)28;/h3-11H,12-15H2,1-2H3,(H2,21,27,28)(H2,22,23,24);1H. The molecule has 0 atom stereocenters. The van der Waals surface area contributed by atoms with Crippen LogP contribution < -0.4 is 15.8 Å². The lowest BCUT2D eigenvalue weighted by molar-refractivity contribution is -0.127. The fraction of sp³-hybridized carbons (Fsp3) is 0.300. The van der Waals surface area contributed by atoms with Crippen molar-refractivity contribution >= 4 is 45.9 Å². The van der Waals surface area contributed by atoms with Gasteiger partial charge in [-0.25, -0.2) is 18.5 Å². The van der Waals surface area contributed by atoms with E-state index >= 15 is 0 Å². The Hall–Kier alpha value is -2.18. The highest BCUT2D eigenvalue weighted by molar-refractivity contribution is 14.0.